The van der Waals surface area contributed by atoms with Crippen LogP contribution in [0.5, 0.6) is 0 Å². The molecule has 2 heterocycles. The molecule has 0 bridgehead atoms. The Morgan fingerprint density at radius 2 is 2.14 bits per heavy atom. The molecule has 1 fully saturated rings. The molecular formula is C15H19N3O4. The van der Waals surface area contributed by atoms with Crippen molar-refractivity contribution >= 4 is 17.8 Å². The Balaban J connectivity index is 1.92. The number of aryl methyl sites for hydroxylation is 1. The number of primary amides is 1. The smallest absolute Gasteiger partial charge is 0.340 e. The molecule has 1 aromatic heterocycles. The summed E-state index contributed by atoms with van der Waals surface area (Å²) in [5.41, 5.74) is 6.37. The van der Waals surface area contributed by atoms with Gasteiger partial charge in [-0.1, -0.05) is 0 Å². The van der Waals surface area contributed by atoms with Crippen molar-refractivity contribution in [3.8, 4) is 0 Å². The van der Waals surface area contributed by atoms with Gasteiger partial charge in [0.05, 0.1) is 5.56 Å². The van der Waals surface area contributed by atoms with E-state index in [2.05, 4.69) is 4.98 Å². The van der Waals surface area contributed by atoms with Crippen LogP contribution in [0.15, 0.2) is 18.3 Å². The summed E-state index contributed by atoms with van der Waals surface area (Å²) in [6.45, 7) is 1.85. The van der Waals surface area contributed by atoms with Crippen LogP contribution in [0.1, 0.15) is 35.3 Å². The molecule has 1 unspecified atom stereocenters. The van der Waals surface area contributed by atoms with Crippen LogP contribution in [0.25, 0.3) is 0 Å². The van der Waals surface area contributed by atoms with Crippen LogP contribution in [0, 0.1) is 6.92 Å². The molecule has 7 heteroatoms. The highest BCUT2D eigenvalue weighted by molar-refractivity contribution is 5.92. The highest BCUT2D eigenvalue weighted by Gasteiger charge is 2.31. The first kappa shape index (κ1) is 15.9. The molecule has 1 aliphatic heterocycles. The van der Waals surface area contributed by atoms with Crippen LogP contribution >= 0.6 is 0 Å². The summed E-state index contributed by atoms with van der Waals surface area (Å²) >= 11 is 0. The lowest BCUT2D eigenvalue weighted by Gasteiger charge is -2.33. The fourth-order valence-electron chi connectivity index (χ4n) is 2.41. The Kier molecular flexibility index (Phi) is 5.08. The molecule has 2 rings (SSSR count). The summed E-state index contributed by atoms with van der Waals surface area (Å²) in [6.07, 6.45) is 3.61. The van der Waals surface area contributed by atoms with Gasteiger partial charge in [-0.15, -0.1) is 0 Å². The van der Waals surface area contributed by atoms with Gasteiger partial charge in [0.15, 0.2) is 6.61 Å². The topological polar surface area (TPSA) is 103 Å². The number of nitrogens with two attached hydrogens (primary N) is 1. The van der Waals surface area contributed by atoms with E-state index < -0.39 is 30.4 Å². The molecule has 0 aromatic carbocycles. The molecule has 1 aliphatic rings. The second kappa shape index (κ2) is 7.02. The van der Waals surface area contributed by atoms with Crippen molar-refractivity contribution in [1.82, 2.24) is 9.88 Å². The summed E-state index contributed by atoms with van der Waals surface area (Å²) in [5, 5.41) is 0. The Bertz CT molecular complexity index is 571. The highest BCUT2D eigenvalue weighted by atomic mass is 16.5. The Hall–Kier alpha value is -2.44. The van der Waals surface area contributed by atoms with E-state index in [9.17, 15) is 14.4 Å². The molecule has 0 spiro atoms. The molecule has 0 radical (unpaired) electrons. The van der Waals surface area contributed by atoms with E-state index in [4.69, 9.17) is 10.5 Å². The van der Waals surface area contributed by atoms with Crippen molar-refractivity contribution in [1.29, 1.82) is 0 Å². The maximum Gasteiger partial charge on any atom is 0.340 e. The third-order valence-electron chi connectivity index (χ3n) is 3.63. The van der Waals surface area contributed by atoms with Crippen LogP contribution in [0.2, 0.25) is 0 Å². The summed E-state index contributed by atoms with van der Waals surface area (Å²) in [7, 11) is 0. The minimum absolute atomic E-state index is 0.281. The van der Waals surface area contributed by atoms with Gasteiger partial charge >= 0.3 is 5.97 Å². The minimum atomic E-state index is -0.617. The minimum Gasteiger partial charge on any atom is -0.452 e. The summed E-state index contributed by atoms with van der Waals surface area (Å²) in [4.78, 5) is 40.7. The number of amides is 2. The number of carbonyl (C=O) groups is 3. The number of hydrogen-bond donors (Lipinski definition) is 1. The lowest BCUT2D eigenvalue weighted by Crippen LogP contribution is -2.51. The highest BCUT2D eigenvalue weighted by Crippen LogP contribution is 2.17. The number of hydrogen-bond acceptors (Lipinski definition) is 5. The predicted octanol–water partition coefficient (Wildman–Crippen LogP) is 0.413. The second-order valence-corrected chi connectivity index (χ2v) is 5.27. The first-order valence-electron chi connectivity index (χ1n) is 7.17. The van der Waals surface area contributed by atoms with E-state index in [1.54, 1.807) is 19.1 Å². The first-order valence-corrected chi connectivity index (χ1v) is 7.17. The zero-order valence-electron chi connectivity index (χ0n) is 12.4. The van der Waals surface area contributed by atoms with E-state index in [-0.39, 0.29) is 5.56 Å². The van der Waals surface area contributed by atoms with Crippen LogP contribution in [-0.2, 0) is 14.3 Å². The normalized spacial score (nSPS) is 17.9. The van der Waals surface area contributed by atoms with Gasteiger partial charge in [-0.25, -0.2) is 4.79 Å². The average molecular weight is 305 g/mol. The average Bonchev–Trinajstić information content (AvgIpc) is 2.53. The molecule has 22 heavy (non-hydrogen) atoms. The number of aromatic nitrogens is 1. The van der Waals surface area contributed by atoms with Crippen molar-refractivity contribution in [2.45, 2.75) is 32.2 Å². The number of ether oxygens (including phenoxy) is 1. The molecule has 0 aliphatic carbocycles. The molecule has 7 nitrogen and oxygen atoms in total. The lowest BCUT2D eigenvalue weighted by atomic mass is 10.0. The number of nitrogens with zero attached hydrogens (tertiary/aromatic N) is 2. The molecule has 2 N–H and O–H groups in total. The van der Waals surface area contributed by atoms with Gasteiger partial charge in [0, 0.05) is 18.4 Å². The van der Waals surface area contributed by atoms with E-state index >= 15 is 0 Å². The van der Waals surface area contributed by atoms with Crippen molar-refractivity contribution < 1.29 is 19.1 Å². The number of rotatable bonds is 4. The van der Waals surface area contributed by atoms with Gasteiger partial charge in [0.25, 0.3) is 5.91 Å². The molecule has 1 aromatic rings. The van der Waals surface area contributed by atoms with Crippen LogP contribution in [-0.4, -0.2) is 46.9 Å². The van der Waals surface area contributed by atoms with Gasteiger partial charge in [-0.05, 0) is 38.3 Å². The van der Waals surface area contributed by atoms with Gasteiger partial charge in [-0.2, -0.15) is 0 Å². The number of likely N-dealkylation sites (tertiary alicyclic amines) is 1. The van der Waals surface area contributed by atoms with Crippen molar-refractivity contribution in [3.05, 3.63) is 29.6 Å². The largest absolute Gasteiger partial charge is 0.452 e. The Morgan fingerprint density at radius 1 is 1.36 bits per heavy atom. The van der Waals surface area contributed by atoms with Gasteiger partial charge in [0.1, 0.15) is 6.04 Å². The zero-order chi connectivity index (χ0) is 16.1. The molecule has 0 saturated carbocycles. The second-order valence-electron chi connectivity index (χ2n) is 5.27. The van der Waals surface area contributed by atoms with E-state index in [0.717, 1.165) is 18.5 Å². The number of esters is 1. The van der Waals surface area contributed by atoms with E-state index in [1.807, 2.05) is 0 Å². The zero-order valence-corrected chi connectivity index (χ0v) is 12.4. The fraction of sp³-hybridized carbons (Fsp3) is 0.467. The van der Waals surface area contributed by atoms with E-state index in [1.165, 1.54) is 11.1 Å². The van der Waals surface area contributed by atoms with Crippen molar-refractivity contribution in [3.63, 3.8) is 0 Å². The maximum absolute atomic E-state index is 12.1. The standard InChI is InChI=1S/C15H19N3O4/c1-10-5-6-11(8-17-10)15(21)22-9-13(19)18-7-3-2-4-12(18)14(16)20/h5-6,8,12H,2-4,7,9H2,1H3,(H2,16,20). The SMILES string of the molecule is Cc1ccc(C(=O)OCC(=O)N2CCCCC2C(N)=O)cn1. The van der Waals surface area contributed by atoms with Crippen molar-refractivity contribution in [2.24, 2.45) is 5.73 Å². The molecule has 118 valence electrons. The Morgan fingerprint density at radius 3 is 2.77 bits per heavy atom. The quantitative estimate of drug-likeness (QED) is 0.812. The summed E-state index contributed by atoms with van der Waals surface area (Å²) < 4.78 is 4.99. The Labute approximate surface area is 128 Å². The molecule has 2 amide bonds. The van der Waals surface area contributed by atoms with Gasteiger partial charge < -0.3 is 15.4 Å². The van der Waals surface area contributed by atoms with Gasteiger partial charge in [0.2, 0.25) is 5.91 Å². The van der Waals surface area contributed by atoms with Gasteiger partial charge in [-0.3, -0.25) is 14.6 Å². The number of pyridine rings is 1. The maximum atomic E-state index is 12.1. The molecular weight excluding hydrogens is 286 g/mol. The monoisotopic (exact) mass is 305 g/mol. The van der Waals surface area contributed by atoms with Crippen LogP contribution < -0.4 is 5.73 Å². The third-order valence-corrected chi connectivity index (χ3v) is 3.63. The molecule has 1 atom stereocenters. The lowest BCUT2D eigenvalue weighted by molar-refractivity contribution is -0.143. The number of piperidine rings is 1. The number of carbonyl (C=O) groups excluding carboxylic acids is 3. The van der Waals surface area contributed by atoms with Crippen LogP contribution in [0.4, 0.5) is 0 Å². The first-order chi connectivity index (χ1) is 10.5. The molecule has 1 saturated heterocycles. The fourth-order valence-corrected chi connectivity index (χ4v) is 2.41. The van der Waals surface area contributed by atoms with Crippen molar-refractivity contribution in [2.75, 3.05) is 13.2 Å². The van der Waals surface area contributed by atoms with E-state index in [0.29, 0.717) is 13.0 Å². The summed E-state index contributed by atoms with van der Waals surface area (Å²) in [6, 6.07) is 2.66. The summed E-state index contributed by atoms with van der Waals surface area (Å²) in [5.74, 6) is -1.55. The van der Waals surface area contributed by atoms with Crippen LogP contribution in [0.3, 0.4) is 0 Å². The third kappa shape index (κ3) is 3.81. The predicted molar refractivity (Wildman–Crippen MR) is 77.8 cm³/mol.